The van der Waals surface area contributed by atoms with E-state index in [9.17, 15) is 25.0 Å². The van der Waals surface area contributed by atoms with Gasteiger partial charge in [0.1, 0.15) is 0 Å². The molecule has 2 aromatic carbocycles. The summed E-state index contributed by atoms with van der Waals surface area (Å²) >= 11 is 6.07. The van der Waals surface area contributed by atoms with Crippen LogP contribution in [0.1, 0.15) is 15.9 Å². The van der Waals surface area contributed by atoms with Gasteiger partial charge < -0.3 is 9.80 Å². The molecule has 0 saturated carbocycles. The molecule has 9 nitrogen and oxygen atoms in total. The van der Waals surface area contributed by atoms with Crippen molar-refractivity contribution in [1.82, 2.24) is 4.90 Å². The molecule has 1 aliphatic heterocycles. The van der Waals surface area contributed by atoms with Crippen molar-refractivity contribution in [2.45, 2.75) is 6.92 Å². The molecule has 2 aromatic rings. The lowest BCUT2D eigenvalue weighted by Crippen LogP contribution is -2.49. The summed E-state index contributed by atoms with van der Waals surface area (Å²) in [5.74, 6) is -0.464. The zero-order valence-corrected chi connectivity index (χ0v) is 15.8. The molecular formula is C18H17ClN4O5. The second kappa shape index (κ2) is 7.81. The van der Waals surface area contributed by atoms with Crippen molar-refractivity contribution in [3.05, 3.63) is 72.8 Å². The topological polar surface area (TPSA) is 110 Å². The molecule has 1 amide bonds. The summed E-state index contributed by atoms with van der Waals surface area (Å²) in [6.45, 7) is 3.88. The number of carbonyl (C=O) groups is 1. The van der Waals surface area contributed by atoms with Crippen LogP contribution in [0.4, 0.5) is 17.1 Å². The van der Waals surface area contributed by atoms with Crippen molar-refractivity contribution >= 4 is 34.6 Å². The van der Waals surface area contributed by atoms with Gasteiger partial charge in [0, 0.05) is 49.0 Å². The number of non-ortho nitro benzene ring substituents is 2. The predicted molar refractivity (Wildman–Crippen MR) is 104 cm³/mol. The fourth-order valence-electron chi connectivity index (χ4n) is 3.19. The number of hydrogen-bond acceptors (Lipinski definition) is 6. The Morgan fingerprint density at radius 2 is 1.54 bits per heavy atom. The van der Waals surface area contributed by atoms with E-state index < -0.39 is 27.1 Å². The highest BCUT2D eigenvalue weighted by atomic mass is 35.5. The van der Waals surface area contributed by atoms with E-state index in [4.69, 9.17) is 11.6 Å². The van der Waals surface area contributed by atoms with Crippen molar-refractivity contribution < 1.29 is 14.6 Å². The van der Waals surface area contributed by atoms with Gasteiger partial charge in [-0.2, -0.15) is 0 Å². The molecule has 3 rings (SSSR count). The average Bonchev–Trinajstić information content (AvgIpc) is 2.69. The van der Waals surface area contributed by atoms with Gasteiger partial charge in [-0.3, -0.25) is 25.0 Å². The first-order chi connectivity index (χ1) is 13.3. The predicted octanol–water partition coefficient (Wildman–Crippen LogP) is 3.43. The maximum atomic E-state index is 12.8. The molecule has 1 aliphatic rings. The first-order valence-corrected chi connectivity index (χ1v) is 8.88. The van der Waals surface area contributed by atoms with Gasteiger partial charge in [0.15, 0.2) is 0 Å². The summed E-state index contributed by atoms with van der Waals surface area (Å²) < 4.78 is 0. The number of nitro groups is 2. The molecule has 1 fully saturated rings. The molecule has 0 bridgehead atoms. The van der Waals surface area contributed by atoms with E-state index in [0.717, 1.165) is 29.4 Å². The van der Waals surface area contributed by atoms with Crippen LogP contribution in [0.3, 0.4) is 0 Å². The molecule has 146 valence electrons. The van der Waals surface area contributed by atoms with Crippen LogP contribution in [0.2, 0.25) is 5.02 Å². The van der Waals surface area contributed by atoms with Crippen LogP contribution in [0.5, 0.6) is 0 Å². The molecule has 0 radical (unpaired) electrons. The third kappa shape index (κ3) is 4.04. The van der Waals surface area contributed by atoms with Crippen molar-refractivity contribution in [1.29, 1.82) is 0 Å². The summed E-state index contributed by atoms with van der Waals surface area (Å²) in [4.78, 5) is 37.0. The molecule has 0 unspecified atom stereocenters. The van der Waals surface area contributed by atoms with Crippen LogP contribution in [0, 0.1) is 27.2 Å². The molecule has 0 N–H and O–H groups in total. The minimum absolute atomic E-state index is 0.0618. The van der Waals surface area contributed by atoms with Gasteiger partial charge in [0.2, 0.25) is 0 Å². The number of amides is 1. The van der Waals surface area contributed by atoms with E-state index >= 15 is 0 Å². The minimum atomic E-state index is -0.746. The number of nitrogens with zero attached hydrogens (tertiary/aromatic N) is 4. The normalized spacial score (nSPS) is 14.1. The first kappa shape index (κ1) is 19.6. The standard InChI is InChI=1S/C18H17ClN4O5/c1-12-2-3-14(19)10-17(12)20-4-6-21(7-5-20)18(24)13-8-15(22(25)26)11-16(9-13)23(27)28/h2-3,8-11H,4-7H2,1H3. The Bertz CT molecular complexity index is 925. The van der Waals surface area contributed by atoms with E-state index in [1.807, 2.05) is 25.1 Å². The summed E-state index contributed by atoms with van der Waals surface area (Å²) in [6, 6.07) is 8.60. The second-order valence-electron chi connectivity index (χ2n) is 6.46. The third-order valence-corrected chi connectivity index (χ3v) is 4.88. The zero-order chi connectivity index (χ0) is 20.4. The summed E-state index contributed by atoms with van der Waals surface area (Å²) in [5, 5.41) is 22.7. The third-order valence-electron chi connectivity index (χ3n) is 4.65. The van der Waals surface area contributed by atoms with E-state index in [2.05, 4.69) is 4.90 Å². The molecule has 0 aromatic heterocycles. The molecule has 0 spiro atoms. The number of halogens is 1. The summed E-state index contributed by atoms with van der Waals surface area (Å²) in [5.41, 5.74) is 1.04. The lowest BCUT2D eigenvalue weighted by molar-refractivity contribution is -0.394. The average molecular weight is 405 g/mol. The number of nitro benzene ring substituents is 2. The number of carbonyl (C=O) groups excluding carboxylic acids is 1. The maximum absolute atomic E-state index is 12.8. The highest BCUT2D eigenvalue weighted by Crippen LogP contribution is 2.27. The molecular weight excluding hydrogens is 388 g/mol. The van der Waals surface area contributed by atoms with Crippen molar-refractivity contribution in [3.63, 3.8) is 0 Å². The molecule has 0 atom stereocenters. The smallest absolute Gasteiger partial charge is 0.277 e. The van der Waals surface area contributed by atoms with E-state index in [0.29, 0.717) is 31.2 Å². The second-order valence-corrected chi connectivity index (χ2v) is 6.90. The summed E-state index contributed by atoms with van der Waals surface area (Å²) in [6.07, 6.45) is 0. The van der Waals surface area contributed by atoms with Crippen LogP contribution in [-0.2, 0) is 0 Å². The Balaban J connectivity index is 1.77. The first-order valence-electron chi connectivity index (χ1n) is 8.50. The van der Waals surface area contributed by atoms with Gasteiger partial charge in [-0.1, -0.05) is 17.7 Å². The van der Waals surface area contributed by atoms with Gasteiger partial charge in [0.05, 0.1) is 21.5 Å². The lowest BCUT2D eigenvalue weighted by atomic mass is 10.1. The van der Waals surface area contributed by atoms with Gasteiger partial charge in [-0.25, -0.2) is 0 Å². The molecule has 0 aliphatic carbocycles. The Morgan fingerprint density at radius 1 is 0.964 bits per heavy atom. The van der Waals surface area contributed by atoms with Crippen molar-refractivity contribution in [2.75, 3.05) is 31.1 Å². The lowest BCUT2D eigenvalue weighted by Gasteiger charge is -2.36. The molecule has 1 saturated heterocycles. The highest BCUT2D eigenvalue weighted by molar-refractivity contribution is 6.30. The minimum Gasteiger partial charge on any atom is -0.368 e. The Hall–Kier alpha value is -3.20. The van der Waals surface area contributed by atoms with Gasteiger partial charge in [0.25, 0.3) is 17.3 Å². The number of benzene rings is 2. The van der Waals surface area contributed by atoms with Gasteiger partial charge in [-0.15, -0.1) is 0 Å². The van der Waals surface area contributed by atoms with Crippen molar-refractivity contribution in [2.24, 2.45) is 0 Å². The molecule has 1 heterocycles. The largest absolute Gasteiger partial charge is 0.368 e. The van der Waals surface area contributed by atoms with Crippen LogP contribution < -0.4 is 4.90 Å². The Labute approximate surface area is 165 Å². The number of piperazine rings is 1. The van der Waals surface area contributed by atoms with Crippen molar-refractivity contribution in [3.8, 4) is 0 Å². The summed E-state index contributed by atoms with van der Waals surface area (Å²) in [7, 11) is 0. The number of anilines is 1. The van der Waals surface area contributed by atoms with Crippen LogP contribution >= 0.6 is 11.6 Å². The molecule has 28 heavy (non-hydrogen) atoms. The Morgan fingerprint density at radius 3 is 2.07 bits per heavy atom. The van der Waals surface area contributed by atoms with E-state index in [-0.39, 0.29) is 5.56 Å². The monoisotopic (exact) mass is 404 g/mol. The van der Waals surface area contributed by atoms with E-state index in [1.54, 1.807) is 4.90 Å². The van der Waals surface area contributed by atoms with Crippen LogP contribution in [0.15, 0.2) is 36.4 Å². The quantitative estimate of drug-likeness (QED) is 0.570. The van der Waals surface area contributed by atoms with Crippen LogP contribution in [0.25, 0.3) is 0 Å². The van der Waals surface area contributed by atoms with Gasteiger partial charge in [-0.05, 0) is 24.6 Å². The zero-order valence-electron chi connectivity index (χ0n) is 15.0. The molecule has 10 heteroatoms. The SMILES string of the molecule is Cc1ccc(Cl)cc1N1CCN(C(=O)c2cc([N+](=O)[O-])cc([N+](=O)[O-])c2)CC1. The van der Waals surface area contributed by atoms with E-state index in [1.165, 1.54) is 0 Å². The number of rotatable bonds is 4. The number of hydrogen-bond donors (Lipinski definition) is 0. The van der Waals surface area contributed by atoms with Crippen LogP contribution in [-0.4, -0.2) is 46.8 Å². The fourth-order valence-corrected chi connectivity index (χ4v) is 3.35. The number of aryl methyl sites for hydroxylation is 1. The Kier molecular flexibility index (Phi) is 5.46. The van der Waals surface area contributed by atoms with Gasteiger partial charge >= 0.3 is 0 Å². The maximum Gasteiger partial charge on any atom is 0.277 e. The highest BCUT2D eigenvalue weighted by Gasteiger charge is 2.26. The fraction of sp³-hybridized carbons (Fsp3) is 0.278.